The molecule has 3 rings (SSSR count). The Balaban J connectivity index is 2.00. The second-order valence-electron chi connectivity index (χ2n) is 4.84. The Kier molecular flexibility index (Phi) is 3.45. The Labute approximate surface area is 121 Å². The van der Waals surface area contributed by atoms with Crippen molar-refractivity contribution in [3.8, 4) is 0 Å². The van der Waals surface area contributed by atoms with Gasteiger partial charge in [0, 0.05) is 17.3 Å². The number of hydrogen-bond donors (Lipinski definition) is 1. The number of benzene rings is 2. The molecular formula is C16H13ClFNO. The molecule has 1 atom stereocenters. The van der Waals surface area contributed by atoms with Crippen molar-refractivity contribution in [2.45, 2.75) is 12.3 Å². The average Bonchev–Trinajstić information content (AvgIpc) is 2.46. The Hall–Kier alpha value is -1.87. The molecule has 0 bridgehead atoms. The number of nitrogens with one attached hydrogen (secondary N) is 1. The number of para-hydroxylation sites is 1. The molecule has 0 saturated carbocycles. The van der Waals surface area contributed by atoms with Gasteiger partial charge in [-0.05, 0) is 36.2 Å². The van der Waals surface area contributed by atoms with E-state index >= 15 is 0 Å². The van der Waals surface area contributed by atoms with E-state index in [1.54, 1.807) is 6.07 Å². The smallest absolute Gasteiger partial charge is 0.173 e. The van der Waals surface area contributed by atoms with Crippen molar-refractivity contribution in [3.63, 3.8) is 0 Å². The number of carbonyl (C=O) groups excluding carboxylic acids is 1. The van der Waals surface area contributed by atoms with E-state index in [4.69, 9.17) is 11.6 Å². The van der Waals surface area contributed by atoms with Crippen LogP contribution in [0.5, 0.6) is 0 Å². The first-order valence-electron chi connectivity index (χ1n) is 6.49. The van der Waals surface area contributed by atoms with Crippen LogP contribution >= 0.6 is 11.6 Å². The van der Waals surface area contributed by atoms with E-state index in [-0.39, 0.29) is 17.3 Å². The zero-order valence-corrected chi connectivity index (χ0v) is 11.5. The number of carbonyl (C=O) groups is 1. The summed E-state index contributed by atoms with van der Waals surface area (Å²) in [6.45, 7) is 0.711. The van der Waals surface area contributed by atoms with Gasteiger partial charge in [-0.1, -0.05) is 29.8 Å². The van der Waals surface area contributed by atoms with Crippen molar-refractivity contribution < 1.29 is 9.18 Å². The lowest BCUT2D eigenvalue weighted by Crippen LogP contribution is -2.23. The maximum absolute atomic E-state index is 13.9. The summed E-state index contributed by atoms with van der Waals surface area (Å²) in [5.74, 6) is -1.05. The second-order valence-corrected chi connectivity index (χ2v) is 5.28. The standard InChI is InChI=1S/C16H13ClFNO/c17-10-5-6-13(14(18)9-10)16(20)12-7-8-19-15-4-2-1-3-11(12)15/h1-6,9,12,19H,7-8H2. The van der Waals surface area contributed by atoms with Gasteiger partial charge in [0.1, 0.15) is 5.82 Å². The van der Waals surface area contributed by atoms with E-state index in [1.165, 1.54) is 12.1 Å². The van der Waals surface area contributed by atoms with E-state index in [1.807, 2.05) is 24.3 Å². The fourth-order valence-corrected chi connectivity index (χ4v) is 2.78. The third kappa shape index (κ3) is 2.29. The first-order valence-corrected chi connectivity index (χ1v) is 6.86. The van der Waals surface area contributed by atoms with Crippen LogP contribution in [0.2, 0.25) is 5.02 Å². The first kappa shape index (κ1) is 13.1. The molecule has 1 unspecified atom stereocenters. The Morgan fingerprint density at radius 2 is 2.05 bits per heavy atom. The van der Waals surface area contributed by atoms with Crippen molar-refractivity contribution in [2.75, 3.05) is 11.9 Å². The summed E-state index contributed by atoms with van der Waals surface area (Å²) in [6, 6.07) is 11.9. The molecule has 0 spiro atoms. The average molecular weight is 290 g/mol. The zero-order valence-electron chi connectivity index (χ0n) is 10.7. The number of hydrogen-bond acceptors (Lipinski definition) is 2. The summed E-state index contributed by atoms with van der Waals surface area (Å²) < 4.78 is 13.9. The quantitative estimate of drug-likeness (QED) is 0.837. The molecule has 102 valence electrons. The summed E-state index contributed by atoms with van der Waals surface area (Å²) in [5, 5.41) is 3.55. The van der Waals surface area contributed by atoms with E-state index in [2.05, 4.69) is 5.32 Å². The minimum atomic E-state index is -0.557. The summed E-state index contributed by atoms with van der Waals surface area (Å²) >= 11 is 5.73. The number of halogens is 2. The molecule has 0 aliphatic carbocycles. The van der Waals surface area contributed by atoms with Gasteiger partial charge in [-0.2, -0.15) is 0 Å². The van der Waals surface area contributed by atoms with Crippen LogP contribution in [0.25, 0.3) is 0 Å². The van der Waals surface area contributed by atoms with Gasteiger partial charge in [0.2, 0.25) is 0 Å². The molecule has 2 nitrogen and oxygen atoms in total. The number of anilines is 1. The number of rotatable bonds is 2. The van der Waals surface area contributed by atoms with Crippen LogP contribution in [0.4, 0.5) is 10.1 Å². The lowest BCUT2D eigenvalue weighted by molar-refractivity contribution is 0.0951. The minimum Gasteiger partial charge on any atom is -0.385 e. The highest BCUT2D eigenvalue weighted by Crippen LogP contribution is 2.34. The summed E-state index contributed by atoms with van der Waals surface area (Å²) in [4.78, 5) is 12.6. The van der Waals surface area contributed by atoms with Crippen molar-refractivity contribution in [3.05, 3.63) is 64.4 Å². The lowest BCUT2D eigenvalue weighted by Gasteiger charge is -2.25. The third-order valence-corrected chi connectivity index (χ3v) is 3.83. The predicted octanol–water partition coefficient (Wildman–Crippen LogP) is 4.26. The predicted molar refractivity (Wildman–Crippen MR) is 78.0 cm³/mol. The molecule has 0 radical (unpaired) electrons. The van der Waals surface area contributed by atoms with Gasteiger partial charge in [0.25, 0.3) is 0 Å². The van der Waals surface area contributed by atoms with E-state index in [9.17, 15) is 9.18 Å². The van der Waals surface area contributed by atoms with Gasteiger partial charge < -0.3 is 5.32 Å². The van der Waals surface area contributed by atoms with Crippen LogP contribution in [0.3, 0.4) is 0 Å². The fourth-order valence-electron chi connectivity index (χ4n) is 2.62. The number of ketones is 1. The van der Waals surface area contributed by atoms with Crippen LogP contribution in [-0.2, 0) is 0 Å². The zero-order chi connectivity index (χ0) is 14.1. The molecule has 1 aliphatic heterocycles. The summed E-state index contributed by atoms with van der Waals surface area (Å²) in [5.41, 5.74) is 1.99. The van der Waals surface area contributed by atoms with Crippen molar-refractivity contribution in [1.82, 2.24) is 0 Å². The topological polar surface area (TPSA) is 29.1 Å². The number of fused-ring (bicyclic) bond motifs is 1. The monoisotopic (exact) mass is 289 g/mol. The van der Waals surface area contributed by atoms with E-state index in [0.29, 0.717) is 18.0 Å². The van der Waals surface area contributed by atoms with E-state index < -0.39 is 5.82 Å². The van der Waals surface area contributed by atoms with Crippen LogP contribution in [0.15, 0.2) is 42.5 Å². The van der Waals surface area contributed by atoms with Gasteiger partial charge in [0.15, 0.2) is 5.78 Å². The van der Waals surface area contributed by atoms with Gasteiger partial charge in [-0.15, -0.1) is 0 Å². The van der Waals surface area contributed by atoms with Crippen molar-refractivity contribution in [1.29, 1.82) is 0 Å². The maximum Gasteiger partial charge on any atom is 0.173 e. The molecule has 0 saturated heterocycles. The first-order chi connectivity index (χ1) is 9.66. The molecule has 1 aliphatic rings. The van der Waals surface area contributed by atoms with Gasteiger partial charge >= 0.3 is 0 Å². The normalized spacial score (nSPS) is 17.2. The van der Waals surface area contributed by atoms with Crippen LogP contribution in [-0.4, -0.2) is 12.3 Å². The van der Waals surface area contributed by atoms with E-state index in [0.717, 1.165) is 11.3 Å². The molecule has 2 aromatic rings. The number of Topliss-reactive ketones (excluding diaryl/α,β-unsaturated/α-hetero) is 1. The van der Waals surface area contributed by atoms with Crippen LogP contribution in [0, 0.1) is 5.82 Å². The SMILES string of the molecule is O=C(c1ccc(Cl)cc1F)C1CCNc2ccccc21. The Morgan fingerprint density at radius 1 is 1.25 bits per heavy atom. The molecule has 1 N–H and O–H groups in total. The lowest BCUT2D eigenvalue weighted by atomic mass is 9.85. The summed E-state index contributed by atoms with van der Waals surface area (Å²) in [7, 11) is 0. The van der Waals surface area contributed by atoms with Gasteiger partial charge in [0.05, 0.1) is 11.5 Å². The van der Waals surface area contributed by atoms with Crippen LogP contribution < -0.4 is 5.32 Å². The molecule has 0 aromatic heterocycles. The molecule has 20 heavy (non-hydrogen) atoms. The molecule has 4 heteroatoms. The highest BCUT2D eigenvalue weighted by atomic mass is 35.5. The highest BCUT2D eigenvalue weighted by Gasteiger charge is 2.28. The van der Waals surface area contributed by atoms with Gasteiger partial charge in [-0.25, -0.2) is 4.39 Å². The highest BCUT2D eigenvalue weighted by molar-refractivity contribution is 6.30. The summed E-state index contributed by atoms with van der Waals surface area (Å²) in [6.07, 6.45) is 0.665. The minimum absolute atomic E-state index is 0.108. The van der Waals surface area contributed by atoms with Crippen molar-refractivity contribution >= 4 is 23.1 Å². The Morgan fingerprint density at radius 3 is 2.85 bits per heavy atom. The molecule has 2 aromatic carbocycles. The van der Waals surface area contributed by atoms with Crippen LogP contribution in [0.1, 0.15) is 28.3 Å². The van der Waals surface area contributed by atoms with Gasteiger partial charge in [-0.3, -0.25) is 4.79 Å². The molecule has 1 heterocycles. The maximum atomic E-state index is 13.9. The van der Waals surface area contributed by atoms with Crippen molar-refractivity contribution in [2.24, 2.45) is 0 Å². The fraction of sp³-hybridized carbons (Fsp3) is 0.188. The largest absolute Gasteiger partial charge is 0.385 e. The molecule has 0 amide bonds. The molecular weight excluding hydrogens is 277 g/mol. The third-order valence-electron chi connectivity index (χ3n) is 3.60. The Bertz CT molecular complexity index is 671. The molecule has 0 fully saturated rings. The second kappa shape index (κ2) is 5.25.